The number of halogens is 2. The number of piperidine rings is 1. The molecule has 4 rings (SSSR count). The number of nitrogens with one attached hydrogen (secondary N) is 1. The second-order valence-electron chi connectivity index (χ2n) is 10.5. The van der Waals surface area contributed by atoms with Gasteiger partial charge in [-0.2, -0.15) is 0 Å². The molecule has 2 fully saturated rings. The average molecular weight is 592 g/mol. The molecule has 3 heterocycles. The van der Waals surface area contributed by atoms with Crippen molar-refractivity contribution in [3.63, 3.8) is 0 Å². The predicted molar refractivity (Wildman–Crippen MR) is 154 cm³/mol. The Balaban J connectivity index is 1.42. The van der Waals surface area contributed by atoms with Crippen LogP contribution in [0.15, 0.2) is 18.2 Å². The van der Waals surface area contributed by atoms with Gasteiger partial charge in [0.1, 0.15) is 11.9 Å². The molecule has 0 bridgehead atoms. The zero-order chi connectivity index (χ0) is 29.7. The quantitative estimate of drug-likeness (QED) is 0.372. The summed E-state index contributed by atoms with van der Waals surface area (Å²) in [7, 11) is 1.38. The van der Waals surface area contributed by atoms with E-state index in [2.05, 4.69) is 36.9 Å². The lowest BCUT2D eigenvalue weighted by Gasteiger charge is -2.48. The van der Waals surface area contributed by atoms with Gasteiger partial charge in [0, 0.05) is 51.4 Å². The second-order valence-corrected chi connectivity index (χ2v) is 10.9. The number of esters is 1. The normalized spacial score (nSPS) is 19.7. The minimum Gasteiger partial charge on any atom is -0.468 e. The van der Waals surface area contributed by atoms with Gasteiger partial charge in [-0.15, -0.1) is 0 Å². The third-order valence-corrected chi connectivity index (χ3v) is 8.28. The van der Waals surface area contributed by atoms with Gasteiger partial charge in [-0.3, -0.25) is 14.6 Å². The van der Waals surface area contributed by atoms with Crippen LogP contribution in [-0.2, 0) is 9.53 Å². The highest BCUT2D eigenvalue weighted by Gasteiger charge is 2.37. The van der Waals surface area contributed by atoms with Crippen LogP contribution in [0.25, 0.3) is 0 Å². The van der Waals surface area contributed by atoms with Crippen molar-refractivity contribution in [2.75, 3.05) is 63.6 Å². The molecule has 2 aromatic rings. The van der Waals surface area contributed by atoms with Crippen molar-refractivity contribution in [2.45, 2.75) is 51.2 Å². The zero-order valence-electron chi connectivity index (χ0n) is 23.8. The number of methoxy groups -OCH3 is 1. The number of nitrogens with zero attached hydrogens (tertiary/aromatic N) is 5. The molecule has 0 radical (unpaired) electrons. The Bertz CT molecular complexity index is 1240. The van der Waals surface area contributed by atoms with Gasteiger partial charge in [0.15, 0.2) is 22.5 Å². The number of benzene rings is 1. The summed E-state index contributed by atoms with van der Waals surface area (Å²) in [6.45, 7) is 7.28. The lowest BCUT2D eigenvalue weighted by molar-refractivity contribution is -0.148. The number of hydrogen-bond donors (Lipinski definition) is 3. The number of carbonyl (C=O) groups is 2. The number of likely N-dealkylation sites (tertiary alicyclic amines) is 1. The van der Waals surface area contributed by atoms with Gasteiger partial charge in [-0.05, 0) is 43.4 Å². The molecule has 224 valence electrons. The molecule has 41 heavy (non-hydrogen) atoms. The maximum atomic E-state index is 13.9. The van der Waals surface area contributed by atoms with Gasteiger partial charge in [0.05, 0.1) is 13.7 Å². The number of aliphatic hydroxyl groups excluding tert-OH is 1. The smallest absolute Gasteiger partial charge is 0.327 e. The largest absolute Gasteiger partial charge is 0.468 e. The maximum Gasteiger partial charge on any atom is 0.327 e. The van der Waals surface area contributed by atoms with Crippen molar-refractivity contribution in [3.05, 3.63) is 46.0 Å². The summed E-state index contributed by atoms with van der Waals surface area (Å²) in [5.41, 5.74) is 7.23. The van der Waals surface area contributed by atoms with Crippen LogP contribution in [0, 0.1) is 12.7 Å². The number of ether oxygens (including phenoxy) is 1. The Morgan fingerprint density at radius 3 is 2.61 bits per heavy atom. The first-order valence-corrected chi connectivity index (χ1v) is 14.4. The summed E-state index contributed by atoms with van der Waals surface area (Å²) in [5.74, 6) is -0.742. The summed E-state index contributed by atoms with van der Waals surface area (Å²) >= 11 is 6.46. The van der Waals surface area contributed by atoms with Crippen molar-refractivity contribution in [1.82, 2.24) is 25.1 Å². The highest BCUT2D eigenvalue weighted by molar-refractivity contribution is 6.32. The summed E-state index contributed by atoms with van der Waals surface area (Å²) < 4.78 is 19.0. The highest BCUT2D eigenvalue weighted by atomic mass is 35.5. The summed E-state index contributed by atoms with van der Waals surface area (Å²) in [6.07, 6.45) is 2.68. The molecule has 0 aliphatic carbocycles. The van der Waals surface area contributed by atoms with E-state index in [0.29, 0.717) is 43.6 Å². The molecule has 2 aliphatic heterocycles. The average Bonchev–Trinajstić information content (AvgIpc) is 2.98. The van der Waals surface area contributed by atoms with Crippen LogP contribution in [0.3, 0.4) is 0 Å². The number of carbonyl (C=O) groups excluding carboxylic acids is 2. The van der Waals surface area contributed by atoms with E-state index in [-0.39, 0.29) is 47.6 Å². The number of hydrogen-bond acceptors (Lipinski definition) is 10. The zero-order valence-corrected chi connectivity index (χ0v) is 24.5. The van der Waals surface area contributed by atoms with Crippen LogP contribution in [0.2, 0.25) is 5.15 Å². The van der Waals surface area contributed by atoms with Gasteiger partial charge in [-0.1, -0.05) is 30.7 Å². The van der Waals surface area contributed by atoms with Gasteiger partial charge in [0.25, 0.3) is 5.91 Å². The number of anilines is 2. The summed E-state index contributed by atoms with van der Waals surface area (Å²) in [4.78, 5) is 40.4. The van der Waals surface area contributed by atoms with Crippen LogP contribution >= 0.6 is 11.6 Å². The fourth-order valence-electron chi connectivity index (χ4n) is 5.87. The van der Waals surface area contributed by atoms with E-state index in [1.165, 1.54) is 13.2 Å². The van der Waals surface area contributed by atoms with E-state index in [1.807, 2.05) is 0 Å². The van der Waals surface area contributed by atoms with Crippen LogP contribution in [0.4, 0.5) is 16.0 Å². The first-order chi connectivity index (χ1) is 19.7. The number of nitrogens with two attached hydrogens (primary N) is 1. The summed E-state index contributed by atoms with van der Waals surface area (Å²) in [6, 6.07) is 4.81. The van der Waals surface area contributed by atoms with Crippen LogP contribution in [0.1, 0.15) is 53.8 Å². The van der Waals surface area contributed by atoms with E-state index in [9.17, 15) is 14.0 Å². The number of piperazine rings is 1. The van der Waals surface area contributed by atoms with Gasteiger partial charge in [-0.25, -0.2) is 19.2 Å². The van der Waals surface area contributed by atoms with Gasteiger partial charge < -0.3 is 25.8 Å². The Kier molecular flexibility index (Phi) is 10.3. The Morgan fingerprint density at radius 1 is 1.24 bits per heavy atom. The molecule has 1 aromatic heterocycles. The topological polar surface area (TPSA) is 137 Å². The molecule has 2 aliphatic rings. The molecule has 4 N–H and O–H groups in total. The number of aliphatic hydroxyl groups is 1. The lowest BCUT2D eigenvalue weighted by Crippen LogP contribution is -2.59. The fraction of sp³-hybridized carbons (Fsp3) is 0.571. The Labute approximate surface area is 244 Å². The molecule has 1 amide bonds. The number of rotatable bonds is 9. The van der Waals surface area contributed by atoms with Crippen LogP contribution in [-0.4, -0.2) is 102 Å². The third-order valence-electron chi connectivity index (χ3n) is 8.03. The number of amides is 1. The van der Waals surface area contributed by atoms with Crippen LogP contribution < -0.4 is 16.0 Å². The standard InChI is InChI=1S/C28H39ClFN7O4/c1-4-19-16-36(26-24(29)33-22(25(31)34-26)27(39)32-9-14-38)12-13-37(19)20-7-10-35(11-8-20)23(28(40)41-3)18-5-6-21(30)17(2)15-18/h5-6,15,19-20,23,38H,4,7-14,16H2,1-3H3,(H2,31,34)(H,32,39)/t19-,23+/m0/s1. The summed E-state index contributed by atoms with van der Waals surface area (Å²) in [5, 5.41) is 11.6. The van der Waals surface area contributed by atoms with Crippen LogP contribution in [0.5, 0.6) is 0 Å². The molecular formula is C28H39ClFN7O4. The van der Waals surface area contributed by atoms with E-state index in [0.717, 1.165) is 31.4 Å². The monoisotopic (exact) mass is 591 g/mol. The van der Waals surface area contributed by atoms with Crippen molar-refractivity contribution in [2.24, 2.45) is 0 Å². The van der Waals surface area contributed by atoms with E-state index in [4.69, 9.17) is 27.2 Å². The molecular weight excluding hydrogens is 553 g/mol. The van der Waals surface area contributed by atoms with Crippen molar-refractivity contribution in [1.29, 1.82) is 0 Å². The van der Waals surface area contributed by atoms with Crippen molar-refractivity contribution < 1.29 is 23.8 Å². The lowest BCUT2D eigenvalue weighted by atomic mass is 9.95. The molecule has 13 heteroatoms. The highest BCUT2D eigenvalue weighted by Crippen LogP contribution is 2.32. The molecule has 2 atom stereocenters. The fourth-order valence-corrected chi connectivity index (χ4v) is 6.11. The minimum atomic E-state index is -0.570. The molecule has 0 saturated carbocycles. The SMILES string of the molecule is CC[C@H]1CN(c2nc(N)c(C(=O)NCCO)nc2Cl)CCN1C1CCN([C@@H](C(=O)OC)c2ccc(F)c(C)c2)CC1. The van der Waals surface area contributed by atoms with Gasteiger partial charge >= 0.3 is 5.97 Å². The van der Waals surface area contributed by atoms with E-state index in [1.54, 1.807) is 19.1 Å². The number of aryl methyl sites for hydroxylation is 1. The van der Waals surface area contributed by atoms with Gasteiger partial charge in [0.2, 0.25) is 0 Å². The number of aromatic nitrogens is 2. The minimum absolute atomic E-state index is 0.0146. The predicted octanol–water partition coefficient (Wildman–Crippen LogP) is 2.16. The van der Waals surface area contributed by atoms with E-state index >= 15 is 0 Å². The third kappa shape index (κ3) is 6.88. The number of nitrogen functional groups attached to an aromatic ring is 1. The molecule has 2 saturated heterocycles. The second kappa shape index (κ2) is 13.7. The molecule has 0 spiro atoms. The first-order valence-electron chi connectivity index (χ1n) is 14.0. The molecule has 11 nitrogen and oxygen atoms in total. The van der Waals surface area contributed by atoms with E-state index < -0.39 is 11.9 Å². The maximum absolute atomic E-state index is 13.9. The molecule has 0 unspecified atom stereocenters. The Morgan fingerprint density at radius 2 is 1.98 bits per heavy atom. The van der Waals surface area contributed by atoms with Crippen molar-refractivity contribution >= 4 is 35.1 Å². The van der Waals surface area contributed by atoms with Crippen molar-refractivity contribution in [3.8, 4) is 0 Å². The first kappa shape index (κ1) is 30.9. The Hall–Kier alpha value is -3.06. The molecule has 1 aromatic carbocycles.